The van der Waals surface area contributed by atoms with Crippen LogP contribution in [0.5, 0.6) is 0 Å². The summed E-state index contributed by atoms with van der Waals surface area (Å²) in [6.45, 7) is 8.60. The summed E-state index contributed by atoms with van der Waals surface area (Å²) in [6, 6.07) is 0.823. The van der Waals surface area contributed by atoms with Gasteiger partial charge >= 0.3 is 0 Å². The summed E-state index contributed by atoms with van der Waals surface area (Å²) >= 11 is 0. The highest BCUT2D eigenvalue weighted by Gasteiger charge is 2.34. The third-order valence-electron chi connectivity index (χ3n) is 3.81. The van der Waals surface area contributed by atoms with Crippen molar-refractivity contribution in [3.63, 3.8) is 0 Å². The molecule has 1 saturated carbocycles. The van der Waals surface area contributed by atoms with Gasteiger partial charge in [-0.15, -0.1) is 0 Å². The van der Waals surface area contributed by atoms with Gasteiger partial charge in [-0.2, -0.15) is 5.10 Å². The van der Waals surface area contributed by atoms with Gasteiger partial charge in [-0.3, -0.25) is 4.90 Å². The number of fused-ring (bicyclic) bond motifs is 1. The van der Waals surface area contributed by atoms with Gasteiger partial charge in [-0.05, 0) is 40.0 Å². The van der Waals surface area contributed by atoms with E-state index in [1.165, 1.54) is 24.1 Å². The minimum Gasteiger partial charge on any atom is -0.384 e. The van der Waals surface area contributed by atoms with E-state index in [4.69, 9.17) is 10.8 Å². The van der Waals surface area contributed by atoms with E-state index < -0.39 is 0 Å². The number of nitrogens with two attached hydrogens (primary N) is 1. The zero-order valence-electron chi connectivity index (χ0n) is 11.0. The van der Waals surface area contributed by atoms with Crippen molar-refractivity contribution in [2.24, 2.45) is 0 Å². The van der Waals surface area contributed by atoms with E-state index in [0.29, 0.717) is 0 Å². The van der Waals surface area contributed by atoms with Gasteiger partial charge in [0.05, 0.1) is 11.2 Å². The number of hydrogen-bond acceptors (Lipinski definition) is 3. The molecule has 1 aliphatic heterocycles. The van der Waals surface area contributed by atoms with Gasteiger partial charge in [0.15, 0.2) is 0 Å². The average molecular weight is 234 g/mol. The molecule has 0 spiro atoms. The van der Waals surface area contributed by atoms with Crippen LogP contribution in [0.4, 0.5) is 5.82 Å². The summed E-state index contributed by atoms with van der Waals surface area (Å²) in [5, 5.41) is 4.73. The second-order valence-corrected chi connectivity index (χ2v) is 6.34. The van der Waals surface area contributed by atoms with Crippen molar-refractivity contribution < 1.29 is 0 Å². The number of rotatable bonds is 1. The molecule has 1 aliphatic carbocycles. The molecule has 0 unspecified atom stereocenters. The molecule has 3 rings (SSSR count). The topological polar surface area (TPSA) is 47.1 Å². The minimum absolute atomic E-state index is 0.0220. The molecule has 0 saturated heterocycles. The molecule has 2 aliphatic rings. The van der Waals surface area contributed by atoms with Gasteiger partial charge in [-0.25, -0.2) is 4.68 Å². The van der Waals surface area contributed by atoms with E-state index in [-0.39, 0.29) is 5.54 Å². The van der Waals surface area contributed by atoms with E-state index in [1.54, 1.807) is 0 Å². The largest absolute Gasteiger partial charge is 0.384 e. The minimum atomic E-state index is -0.0220. The Bertz CT molecular complexity index is 437. The highest BCUT2D eigenvalue weighted by Crippen LogP contribution is 2.34. The number of anilines is 1. The van der Waals surface area contributed by atoms with Crippen LogP contribution in [-0.2, 0) is 18.5 Å². The van der Waals surface area contributed by atoms with Crippen molar-refractivity contribution in [1.29, 1.82) is 0 Å². The van der Waals surface area contributed by atoms with Crippen LogP contribution in [0.2, 0.25) is 0 Å². The van der Waals surface area contributed by atoms with Crippen LogP contribution in [-0.4, -0.2) is 27.3 Å². The van der Waals surface area contributed by atoms with Gasteiger partial charge in [0.25, 0.3) is 0 Å². The third kappa shape index (κ3) is 1.84. The molecule has 0 amide bonds. The highest BCUT2D eigenvalue weighted by molar-refractivity contribution is 5.45. The van der Waals surface area contributed by atoms with Gasteiger partial charge < -0.3 is 5.73 Å². The molecule has 0 bridgehead atoms. The Hall–Kier alpha value is -1.03. The normalized spacial score (nSPS) is 21.6. The van der Waals surface area contributed by atoms with E-state index in [2.05, 4.69) is 25.7 Å². The van der Waals surface area contributed by atoms with Crippen molar-refractivity contribution >= 4 is 5.82 Å². The molecule has 17 heavy (non-hydrogen) atoms. The quantitative estimate of drug-likeness (QED) is 0.805. The van der Waals surface area contributed by atoms with E-state index >= 15 is 0 Å². The summed E-state index contributed by atoms with van der Waals surface area (Å²) in [4.78, 5) is 2.56. The predicted octanol–water partition coefficient (Wildman–Crippen LogP) is 1.74. The van der Waals surface area contributed by atoms with Crippen LogP contribution in [0.15, 0.2) is 0 Å². The first kappa shape index (κ1) is 11.1. The zero-order chi connectivity index (χ0) is 12.2. The van der Waals surface area contributed by atoms with Crippen LogP contribution in [0.1, 0.15) is 44.9 Å². The highest BCUT2D eigenvalue weighted by atomic mass is 15.4. The van der Waals surface area contributed by atoms with Gasteiger partial charge in [-0.1, -0.05) is 0 Å². The second kappa shape index (κ2) is 3.48. The molecule has 1 aromatic rings. The summed E-state index contributed by atoms with van der Waals surface area (Å²) in [5.41, 5.74) is 8.70. The lowest BCUT2D eigenvalue weighted by atomic mass is 10.1. The Morgan fingerprint density at radius 2 is 2.00 bits per heavy atom. The van der Waals surface area contributed by atoms with Crippen LogP contribution in [0.25, 0.3) is 0 Å². The van der Waals surface area contributed by atoms with Crippen LogP contribution >= 0.6 is 0 Å². The van der Waals surface area contributed by atoms with Gasteiger partial charge in [0.2, 0.25) is 0 Å². The van der Waals surface area contributed by atoms with Gasteiger partial charge in [0.1, 0.15) is 5.82 Å². The Balaban J connectivity index is 1.93. The van der Waals surface area contributed by atoms with Gasteiger partial charge in [0, 0.05) is 24.7 Å². The summed E-state index contributed by atoms with van der Waals surface area (Å²) in [6.07, 6.45) is 3.79. The van der Waals surface area contributed by atoms with E-state index in [9.17, 15) is 0 Å². The molecule has 0 radical (unpaired) electrons. The van der Waals surface area contributed by atoms with Crippen molar-refractivity contribution in [3.8, 4) is 0 Å². The van der Waals surface area contributed by atoms with E-state index in [1.807, 2.05) is 4.68 Å². The van der Waals surface area contributed by atoms with Crippen LogP contribution in [0, 0.1) is 0 Å². The molecular weight excluding hydrogens is 212 g/mol. The fraction of sp³-hybridized carbons (Fsp3) is 0.769. The first-order valence-electron chi connectivity index (χ1n) is 6.57. The Kier molecular flexibility index (Phi) is 2.27. The Labute approximate surface area is 103 Å². The first-order valence-corrected chi connectivity index (χ1v) is 6.57. The second-order valence-electron chi connectivity index (χ2n) is 6.34. The molecule has 0 atom stereocenters. The maximum Gasteiger partial charge on any atom is 0.125 e. The monoisotopic (exact) mass is 234 g/mol. The van der Waals surface area contributed by atoms with Crippen molar-refractivity contribution in [1.82, 2.24) is 14.7 Å². The number of nitrogens with zero attached hydrogens (tertiary/aromatic N) is 3. The molecule has 2 heterocycles. The number of nitrogen functional groups attached to an aromatic ring is 1. The molecule has 0 aromatic carbocycles. The summed E-state index contributed by atoms with van der Waals surface area (Å²) in [5.74, 6) is 0.878. The third-order valence-corrected chi connectivity index (χ3v) is 3.81. The lowest BCUT2D eigenvalue weighted by molar-refractivity contribution is 0.239. The SMILES string of the molecule is CC(C)(C)n1nc2c(c1N)CCN(C1CC1)C2. The smallest absolute Gasteiger partial charge is 0.125 e. The Morgan fingerprint density at radius 1 is 1.29 bits per heavy atom. The maximum atomic E-state index is 6.23. The van der Waals surface area contributed by atoms with E-state index in [0.717, 1.165) is 31.4 Å². The predicted molar refractivity (Wildman–Crippen MR) is 68.8 cm³/mol. The standard InChI is InChI=1S/C13H22N4/c1-13(2,3)17-12(14)10-6-7-16(9-4-5-9)8-11(10)15-17/h9H,4-8,14H2,1-3H3. The van der Waals surface area contributed by atoms with Crippen molar-refractivity contribution in [2.45, 2.75) is 58.2 Å². The molecule has 4 nitrogen and oxygen atoms in total. The maximum absolute atomic E-state index is 6.23. The first-order chi connectivity index (χ1) is 7.97. The molecule has 94 valence electrons. The van der Waals surface area contributed by atoms with Crippen molar-refractivity contribution in [3.05, 3.63) is 11.3 Å². The number of aromatic nitrogens is 2. The number of hydrogen-bond donors (Lipinski definition) is 1. The molecule has 1 fully saturated rings. The lowest BCUT2D eigenvalue weighted by Gasteiger charge is -2.25. The fourth-order valence-electron chi connectivity index (χ4n) is 2.70. The van der Waals surface area contributed by atoms with Crippen LogP contribution < -0.4 is 5.73 Å². The fourth-order valence-corrected chi connectivity index (χ4v) is 2.70. The zero-order valence-corrected chi connectivity index (χ0v) is 11.0. The summed E-state index contributed by atoms with van der Waals surface area (Å²) in [7, 11) is 0. The average Bonchev–Trinajstić information content (AvgIpc) is 3.03. The lowest BCUT2D eigenvalue weighted by Crippen LogP contribution is -2.32. The molecule has 1 aromatic heterocycles. The molecular formula is C13H22N4. The molecule has 2 N–H and O–H groups in total. The van der Waals surface area contributed by atoms with Crippen molar-refractivity contribution in [2.75, 3.05) is 12.3 Å². The Morgan fingerprint density at radius 3 is 2.59 bits per heavy atom. The molecule has 4 heteroatoms. The van der Waals surface area contributed by atoms with Crippen LogP contribution in [0.3, 0.4) is 0 Å². The summed E-state index contributed by atoms with van der Waals surface area (Å²) < 4.78 is 1.99.